The average molecular weight is 260 g/mol. The number of benzene rings is 1. The van der Waals surface area contributed by atoms with E-state index in [-0.39, 0.29) is 29.4 Å². The second kappa shape index (κ2) is 5.21. The number of nitrogen functional groups attached to an aromatic ring is 1. The fourth-order valence-electron chi connectivity index (χ4n) is 1.52. The second-order valence-electron chi connectivity index (χ2n) is 3.88. The van der Waals surface area contributed by atoms with Gasteiger partial charge < -0.3 is 16.2 Å². The Morgan fingerprint density at radius 2 is 2.00 bits per heavy atom. The van der Waals surface area contributed by atoms with E-state index in [0.29, 0.717) is 0 Å². The molecule has 0 unspecified atom stereocenters. The lowest BCUT2D eigenvalue weighted by molar-refractivity contribution is 0.0696. The number of aromatic carboxylic acids is 1. The van der Waals surface area contributed by atoms with Gasteiger partial charge in [-0.1, -0.05) is 12.1 Å². The molecule has 7 heteroatoms. The molecule has 0 fully saturated rings. The van der Waals surface area contributed by atoms with Gasteiger partial charge in [0.1, 0.15) is 11.4 Å². The van der Waals surface area contributed by atoms with Gasteiger partial charge in [0.15, 0.2) is 0 Å². The Hall–Kier alpha value is -2.83. The molecule has 0 atom stereocenters. The number of nitrogens with two attached hydrogens (primary N) is 1. The second-order valence-corrected chi connectivity index (χ2v) is 3.88. The topological polar surface area (TPSA) is 121 Å². The molecule has 7 nitrogen and oxygen atoms in total. The van der Waals surface area contributed by atoms with Crippen LogP contribution in [0.4, 0.5) is 5.82 Å². The van der Waals surface area contributed by atoms with Crippen LogP contribution in [0.1, 0.15) is 26.3 Å². The SMILES string of the molecule is Nc1[nH]ncc1C(=O)NCc1ccc(C(=O)O)cc1. The molecule has 1 aromatic heterocycles. The molecule has 2 aromatic rings. The van der Waals surface area contributed by atoms with Gasteiger partial charge >= 0.3 is 5.97 Å². The van der Waals surface area contributed by atoms with Crippen molar-refractivity contribution in [1.82, 2.24) is 15.5 Å². The third-order valence-electron chi connectivity index (χ3n) is 2.57. The van der Waals surface area contributed by atoms with Gasteiger partial charge in [0.2, 0.25) is 0 Å². The van der Waals surface area contributed by atoms with E-state index in [1.54, 1.807) is 12.1 Å². The van der Waals surface area contributed by atoms with E-state index < -0.39 is 5.97 Å². The third kappa shape index (κ3) is 2.89. The monoisotopic (exact) mass is 260 g/mol. The summed E-state index contributed by atoms with van der Waals surface area (Å²) in [5.74, 6) is -1.12. The third-order valence-corrected chi connectivity index (χ3v) is 2.57. The number of carboxylic acid groups (broad SMARTS) is 1. The highest BCUT2D eigenvalue weighted by Crippen LogP contribution is 2.07. The maximum atomic E-state index is 11.7. The molecule has 0 spiro atoms. The van der Waals surface area contributed by atoms with Crippen LogP contribution in [0.15, 0.2) is 30.5 Å². The minimum atomic E-state index is -0.984. The maximum absolute atomic E-state index is 11.7. The van der Waals surface area contributed by atoms with E-state index >= 15 is 0 Å². The predicted octanol–water partition coefficient (Wildman–Crippen LogP) is 0.620. The van der Waals surface area contributed by atoms with Crippen LogP contribution in [0, 0.1) is 0 Å². The zero-order chi connectivity index (χ0) is 13.8. The predicted molar refractivity (Wildman–Crippen MR) is 67.6 cm³/mol. The van der Waals surface area contributed by atoms with Gasteiger partial charge in [-0.15, -0.1) is 0 Å². The van der Waals surface area contributed by atoms with Gasteiger partial charge in [0.25, 0.3) is 5.91 Å². The fourth-order valence-corrected chi connectivity index (χ4v) is 1.52. The summed E-state index contributed by atoms with van der Waals surface area (Å²) in [5.41, 5.74) is 6.79. The number of amides is 1. The van der Waals surface area contributed by atoms with E-state index in [1.807, 2.05) is 0 Å². The normalized spacial score (nSPS) is 10.1. The molecule has 0 radical (unpaired) electrons. The zero-order valence-corrected chi connectivity index (χ0v) is 9.88. The molecule has 1 aromatic carbocycles. The van der Waals surface area contributed by atoms with Gasteiger partial charge in [-0.25, -0.2) is 4.79 Å². The first kappa shape index (κ1) is 12.6. The number of nitrogens with zero attached hydrogens (tertiary/aromatic N) is 1. The quantitative estimate of drug-likeness (QED) is 0.642. The Kier molecular flexibility index (Phi) is 3.46. The molecule has 0 aliphatic rings. The highest BCUT2D eigenvalue weighted by Gasteiger charge is 2.11. The number of aromatic amines is 1. The van der Waals surface area contributed by atoms with Crippen LogP contribution in [0.5, 0.6) is 0 Å². The number of H-pyrrole nitrogens is 1. The number of nitrogens with one attached hydrogen (secondary N) is 2. The number of hydrogen-bond acceptors (Lipinski definition) is 4. The Morgan fingerprint density at radius 3 is 2.53 bits per heavy atom. The highest BCUT2D eigenvalue weighted by atomic mass is 16.4. The van der Waals surface area contributed by atoms with Gasteiger partial charge in [-0.05, 0) is 17.7 Å². The average Bonchev–Trinajstić information content (AvgIpc) is 2.83. The first-order valence-corrected chi connectivity index (χ1v) is 5.47. The van der Waals surface area contributed by atoms with Crippen LogP contribution in [0.25, 0.3) is 0 Å². The fraction of sp³-hybridized carbons (Fsp3) is 0.0833. The van der Waals surface area contributed by atoms with E-state index in [2.05, 4.69) is 15.5 Å². The molecular weight excluding hydrogens is 248 g/mol. The molecule has 0 aliphatic heterocycles. The molecular formula is C12H12N4O3. The highest BCUT2D eigenvalue weighted by molar-refractivity contribution is 5.98. The standard InChI is InChI=1S/C12H12N4O3/c13-10-9(6-15-16-10)11(17)14-5-7-1-3-8(4-2-7)12(18)19/h1-4,6H,5H2,(H,14,17)(H,18,19)(H3,13,15,16). The summed E-state index contributed by atoms with van der Waals surface area (Å²) in [5, 5.41) is 17.5. The van der Waals surface area contributed by atoms with Crippen molar-refractivity contribution >= 4 is 17.7 Å². The summed E-state index contributed by atoms with van der Waals surface area (Å²) in [6, 6.07) is 6.25. The van der Waals surface area contributed by atoms with Crippen molar-refractivity contribution in [3.63, 3.8) is 0 Å². The van der Waals surface area contributed by atoms with Crippen molar-refractivity contribution in [2.24, 2.45) is 0 Å². The van der Waals surface area contributed by atoms with Gasteiger partial charge in [0.05, 0.1) is 11.8 Å². The van der Waals surface area contributed by atoms with Crippen molar-refractivity contribution < 1.29 is 14.7 Å². The molecule has 0 bridgehead atoms. The largest absolute Gasteiger partial charge is 0.478 e. The Labute approximate surface area is 108 Å². The number of aromatic nitrogens is 2. The number of carboxylic acids is 1. The Balaban J connectivity index is 1.97. The molecule has 5 N–H and O–H groups in total. The summed E-state index contributed by atoms with van der Waals surface area (Å²) < 4.78 is 0. The summed E-state index contributed by atoms with van der Waals surface area (Å²) in [4.78, 5) is 22.4. The lowest BCUT2D eigenvalue weighted by Crippen LogP contribution is -2.23. The van der Waals surface area contributed by atoms with Crippen molar-refractivity contribution in [2.45, 2.75) is 6.54 Å². The lowest BCUT2D eigenvalue weighted by atomic mass is 10.1. The van der Waals surface area contributed by atoms with Crippen LogP contribution >= 0.6 is 0 Å². The molecule has 0 saturated heterocycles. The van der Waals surface area contributed by atoms with Gasteiger partial charge in [-0.2, -0.15) is 5.10 Å². The number of anilines is 1. The van der Waals surface area contributed by atoms with Crippen molar-refractivity contribution in [3.05, 3.63) is 47.2 Å². The van der Waals surface area contributed by atoms with Crippen LogP contribution in [-0.2, 0) is 6.54 Å². The summed E-state index contributed by atoms with van der Waals surface area (Å²) in [7, 11) is 0. The summed E-state index contributed by atoms with van der Waals surface area (Å²) >= 11 is 0. The zero-order valence-electron chi connectivity index (χ0n) is 9.88. The summed E-state index contributed by atoms with van der Waals surface area (Å²) in [6.45, 7) is 0.281. The molecule has 2 rings (SSSR count). The minimum absolute atomic E-state index is 0.203. The molecule has 0 saturated carbocycles. The molecule has 1 heterocycles. The van der Waals surface area contributed by atoms with Gasteiger partial charge in [0, 0.05) is 6.54 Å². The first-order valence-electron chi connectivity index (χ1n) is 5.47. The van der Waals surface area contributed by atoms with Crippen LogP contribution in [-0.4, -0.2) is 27.2 Å². The van der Waals surface area contributed by atoms with Crippen LogP contribution < -0.4 is 11.1 Å². The lowest BCUT2D eigenvalue weighted by Gasteiger charge is -2.04. The smallest absolute Gasteiger partial charge is 0.335 e. The molecule has 19 heavy (non-hydrogen) atoms. The minimum Gasteiger partial charge on any atom is -0.478 e. The number of carbonyl (C=O) groups excluding carboxylic acids is 1. The maximum Gasteiger partial charge on any atom is 0.335 e. The van der Waals surface area contributed by atoms with E-state index in [1.165, 1.54) is 18.3 Å². The van der Waals surface area contributed by atoms with E-state index in [9.17, 15) is 9.59 Å². The van der Waals surface area contributed by atoms with Gasteiger partial charge in [-0.3, -0.25) is 9.89 Å². The summed E-state index contributed by atoms with van der Waals surface area (Å²) in [6.07, 6.45) is 1.35. The molecule has 1 amide bonds. The first-order chi connectivity index (χ1) is 9.08. The van der Waals surface area contributed by atoms with Crippen molar-refractivity contribution in [3.8, 4) is 0 Å². The van der Waals surface area contributed by atoms with E-state index in [0.717, 1.165) is 5.56 Å². The van der Waals surface area contributed by atoms with E-state index in [4.69, 9.17) is 10.8 Å². The Bertz CT molecular complexity index is 604. The number of carbonyl (C=O) groups is 2. The Morgan fingerprint density at radius 1 is 1.32 bits per heavy atom. The molecule has 98 valence electrons. The van der Waals surface area contributed by atoms with Crippen molar-refractivity contribution in [1.29, 1.82) is 0 Å². The number of rotatable bonds is 4. The van der Waals surface area contributed by atoms with Crippen LogP contribution in [0.2, 0.25) is 0 Å². The van der Waals surface area contributed by atoms with Crippen molar-refractivity contribution in [2.75, 3.05) is 5.73 Å². The van der Waals surface area contributed by atoms with Crippen LogP contribution in [0.3, 0.4) is 0 Å². The molecule has 0 aliphatic carbocycles. The number of hydrogen-bond donors (Lipinski definition) is 4.